The molecule has 0 amide bonds. The van der Waals surface area contributed by atoms with E-state index < -0.39 is 0 Å². The summed E-state index contributed by atoms with van der Waals surface area (Å²) in [4.78, 5) is 11.9. The molecule has 3 N–H and O–H groups in total. The van der Waals surface area contributed by atoms with Crippen molar-refractivity contribution in [2.45, 2.75) is 6.92 Å². The Kier molecular flexibility index (Phi) is 3.75. The Labute approximate surface area is 116 Å². The predicted octanol–water partition coefficient (Wildman–Crippen LogP) is 3.01. The Hall–Kier alpha value is -2.75. The van der Waals surface area contributed by atoms with Crippen LogP contribution in [0.2, 0.25) is 0 Å². The summed E-state index contributed by atoms with van der Waals surface area (Å²) >= 11 is 0. The predicted molar refractivity (Wildman–Crippen MR) is 76.0 cm³/mol. The average molecular weight is 270 g/mol. The van der Waals surface area contributed by atoms with Crippen LogP contribution < -0.4 is 0 Å². The molecule has 0 aromatic heterocycles. The van der Waals surface area contributed by atoms with Crippen LogP contribution in [0.1, 0.15) is 21.5 Å². The van der Waals surface area contributed by atoms with E-state index in [-0.39, 0.29) is 28.6 Å². The molecule has 0 bridgehead atoms. The van der Waals surface area contributed by atoms with Crippen molar-refractivity contribution in [1.29, 1.82) is 0 Å². The molecule has 0 aliphatic rings. The number of rotatable bonds is 3. The first-order chi connectivity index (χ1) is 9.47. The van der Waals surface area contributed by atoms with Crippen molar-refractivity contribution in [1.82, 2.24) is 0 Å². The maximum Gasteiger partial charge on any atom is 0.189 e. The topological polar surface area (TPSA) is 77.8 Å². The molecule has 0 heterocycles. The third-order valence-corrected chi connectivity index (χ3v) is 2.89. The normalized spacial score (nSPS) is 10.8. The molecule has 0 fully saturated rings. The van der Waals surface area contributed by atoms with Crippen molar-refractivity contribution in [3.05, 3.63) is 59.2 Å². The molecule has 0 saturated heterocycles. The zero-order chi connectivity index (χ0) is 14.7. The van der Waals surface area contributed by atoms with Crippen molar-refractivity contribution >= 4 is 11.9 Å². The maximum absolute atomic E-state index is 11.9. The Bertz CT molecular complexity index is 687. The number of aromatic hydroxyl groups is 3. The minimum absolute atomic E-state index is 0.0998. The Balaban J connectivity index is 2.22. The van der Waals surface area contributed by atoms with Crippen LogP contribution in [0.3, 0.4) is 0 Å². The van der Waals surface area contributed by atoms with Crippen molar-refractivity contribution < 1.29 is 20.1 Å². The molecule has 0 radical (unpaired) electrons. The molecule has 102 valence electrons. The van der Waals surface area contributed by atoms with Crippen LogP contribution in [0.5, 0.6) is 17.2 Å². The lowest BCUT2D eigenvalue weighted by molar-refractivity contribution is 0.104. The Morgan fingerprint density at radius 1 is 1.00 bits per heavy atom. The number of benzene rings is 2. The highest BCUT2D eigenvalue weighted by Crippen LogP contribution is 2.23. The summed E-state index contributed by atoms with van der Waals surface area (Å²) in [5.74, 6) is -0.531. The summed E-state index contributed by atoms with van der Waals surface area (Å²) in [6.07, 6.45) is 2.93. The van der Waals surface area contributed by atoms with Crippen LogP contribution in [0.4, 0.5) is 0 Å². The van der Waals surface area contributed by atoms with Gasteiger partial charge in [0, 0.05) is 6.07 Å². The number of carbonyl (C=O) groups excluding carboxylic acids is 1. The lowest BCUT2D eigenvalue weighted by Crippen LogP contribution is -1.94. The molecule has 0 unspecified atom stereocenters. The fourth-order valence-electron chi connectivity index (χ4n) is 1.77. The van der Waals surface area contributed by atoms with E-state index in [0.29, 0.717) is 5.56 Å². The summed E-state index contributed by atoms with van der Waals surface area (Å²) in [6.45, 7) is 1.76. The van der Waals surface area contributed by atoms with Crippen LogP contribution in [-0.4, -0.2) is 21.1 Å². The van der Waals surface area contributed by atoms with Gasteiger partial charge in [0.2, 0.25) is 0 Å². The average Bonchev–Trinajstić information content (AvgIpc) is 2.40. The van der Waals surface area contributed by atoms with E-state index in [1.165, 1.54) is 18.2 Å². The van der Waals surface area contributed by atoms with E-state index in [4.69, 9.17) is 0 Å². The lowest BCUT2D eigenvalue weighted by atomic mass is 10.1. The van der Waals surface area contributed by atoms with E-state index in [0.717, 1.165) is 11.6 Å². The summed E-state index contributed by atoms with van der Waals surface area (Å²) in [6, 6.07) is 8.80. The minimum Gasteiger partial charge on any atom is -0.508 e. The molecule has 0 spiro atoms. The molecule has 20 heavy (non-hydrogen) atoms. The van der Waals surface area contributed by atoms with Gasteiger partial charge in [-0.25, -0.2) is 0 Å². The van der Waals surface area contributed by atoms with E-state index in [9.17, 15) is 20.1 Å². The third-order valence-electron chi connectivity index (χ3n) is 2.89. The quantitative estimate of drug-likeness (QED) is 0.592. The van der Waals surface area contributed by atoms with Crippen molar-refractivity contribution in [3.8, 4) is 17.2 Å². The summed E-state index contributed by atoms with van der Waals surface area (Å²) < 4.78 is 0. The number of allylic oxidation sites excluding steroid dienone is 1. The summed E-state index contributed by atoms with van der Waals surface area (Å²) in [7, 11) is 0. The molecule has 4 nitrogen and oxygen atoms in total. The van der Waals surface area contributed by atoms with E-state index in [1.54, 1.807) is 31.2 Å². The highest BCUT2D eigenvalue weighted by Gasteiger charge is 2.08. The van der Waals surface area contributed by atoms with Gasteiger partial charge in [-0.1, -0.05) is 12.1 Å². The van der Waals surface area contributed by atoms with E-state index in [1.807, 2.05) is 0 Å². The Morgan fingerprint density at radius 3 is 2.40 bits per heavy atom. The number of carbonyl (C=O) groups is 1. The van der Waals surface area contributed by atoms with Crippen LogP contribution in [0.25, 0.3) is 6.08 Å². The van der Waals surface area contributed by atoms with E-state index >= 15 is 0 Å². The highest BCUT2D eigenvalue weighted by molar-refractivity contribution is 6.08. The van der Waals surface area contributed by atoms with Crippen LogP contribution in [0.15, 0.2) is 42.5 Å². The van der Waals surface area contributed by atoms with Crippen LogP contribution in [-0.2, 0) is 0 Å². The molecule has 0 saturated carbocycles. The van der Waals surface area contributed by atoms with Crippen molar-refractivity contribution in [2.75, 3.05) is 0 Å². The number of ketones is 1. The minimum atomic E-state index is -0.367. The first kappa shape index (κ1) is 13.7. The number of hydrogen-bond acceptors (Lipinski definition) is 4. The summed E-state index contributed by atoms with van der Waals surface area (Å²) in [5.41, 5.74) is 1.61. The lowest BCUT2D eigenvalue weighted by Gasteiger charge is -2.02. The van der Waals surface area contributed by atoms with Gasteiger partial charge in [0.1, 0.15) is 17.2 Å². The SMILES string of the molecule is Cc1cc(/C=C/C(=O)c2ccc(O)cc2O)ccc1O. The van der Waals surface area contributed by atoms with Crippen LogP contribution >= 0.6 is 0 Å². The van der Waals surface area contributed by atoms with Gasteiger partial charge in [0.25, 0.3) is 0 Å². The fraction of sp³-hybridized carbons (Fsp3) is 0.0625. The maximum atomic E-state index is 11.9. The number of phenols is 3. The second kappa shape index (κ2) is 5.48. The van der Waals surface area contributed by atoms with Gasteiger partial charge in [-0.2, -0.15) is 0 Å². The van der Waals surface area contributed by atoms with Gasteiger partial charge < -0.3 is 15.3 Å². The van der Waals surface area contributed by atoms with Crippen LogP contribution in [0, 0.1) is 6.92 Å². The fourth-order valence-corrected chi connectivity index (χ4v) is 1.77. The molecule has 0 aliphatic heterocycles. The van der Waals surface area contributed by atoms with Gasteiger partial charge in [0.15, 0.2) is 5.78 Å². The third kappa shape index (κ3) is 2.98. The van der Waals surface area contributed by atoms with Gasteiger partial charge >= 0.3 is 0 Å². The molecule has 2 aromatic carbocycles. The van der Waals surface area contributed by atoms with Crippen molar-refractivity contribution in [3.63, 3.8) is 0 Å². The first-order valence-corrected chi connectivity index (χ1v) is 6.01. The Morgan fingerprint density at radius 2 is 1.75 bits per heavy atom. The molecule has 0 aliphatic carbocycles. The zero-order valence-corrected chi connectivity index (χ0v) is 10.9. The number of phenolic OH excluding ortho intramolecular Hbond substituents is 3. The van der Waals surface area contributed by atoms with E-state index in [2.05, 4.69) is 0 Å². The molecule has 2 rings (SSSR count). The van der Waals surface area contributed by atoms with Crippen molar-refractivity contribution in [2.24, 2.45) is 0 Å². The summed E-state index contributed by atoms with van der Waals surface area (Å²) in [5, 5.41) is 28.2. The number of hydrogen-bond donors (Lipinski definition) is 3. The van der Waals surface area contributed by atoms with Gasteiger partial charge in [-0.15, -0.1) is 0 Å². The monoisotopic (exact) mass is 270 g/mol. The second-order valence-electron chi connectivity index (χ2n) is 4.44. The smallest absolute Gasteiger partial charge is 0.189 e. The molecular formula is C16H14O4. The zero-order valence-electron chi connectivity index (χ0n) is 10.9. The molecule has 4 heteroatoms. The second-order valence-corrected chi connectivity index (χ2v) is 4.44. The van der Waals surface area contributed by atoms with Gasteiger partial charge in [0.05, 0.1) is 5.56 Å². The molecular weight excluding hydrogens is 256 g/mol. The largest absolute Gasteiger partial charge is 0.508 e. The highest BCUT2D eigenvalue weighted by atomic mass is 16.3. The standard InChI is InChI=1S/C16H14O4/c1-10-8-11(2-6-14(10)18)3-7-15(19)13-5-4-12(17)9-16(13)20/h2-9,17-18,20H,1H3/b7-3+. The van der Waals surface area contributed by atoms with Gasteiger partial charge in [-0.05, 0) is 48.4 Å². The molecule has 0 atom stereocenters. The van der Waals surface area contributed by atoms with Gasteiger partial charge in [-0.3, -0.25) is 4.79 Å². The molecule has 2 aromatic rings. The number of aryl methyl sites for hydroxylation is 1. The first-order valence-electron chi connectivity index (χ1n) is 6.01.